The van der Waals surface area contributed by atoms with Gasteiger partial charge >= 0.3 is 0 Å². The Balaban J connectivity index is 1.38. The zero-order valence-corrected chi connectivity index (χ0v) is 27.5. The zero-order valence-electron chi connectivity index (χ0n) is 35.5. The van der Waals surface area contributed by atoms with Gasteiger partial charge in [-0.1, -0.05) is 26.8 Å². The predicted octanol–water partition coefficient (Wildman–Crippen LogP) is 5.33. The number of benzene rings is 2. The van der Waals surface area contributed by atoms with Crippen LogP contribution in [0.5, 0.6) is 17.2 Å². The molecule has 1 aliphatic heterocycles. The second-order valence-electron chi connectivity index (χ2n) is 12.1. The number of methoxy groups -OCH3 is 1. The summed E-state index contributed by atoms with van der Waals surface area (Å²) in [5.41, 5.74) is 0.540. The van der Waals surface area contributed by atoms with Crippen LogP contribution in [0.15, 0.2) is 48.7 Å². The maximum absolute atomic E-state index is 15.6. The van der Waals surface area contributed by atoms with Crippen LogP contribution in [-0.2, 0) is 43.8 Å². The summed E-state index contributed by atoms with van der Waals surface area (Å²) in [5, 5.41) is 7.24. The number of Topliss-reactive ketones (excluding diaryl/α,β-unsaturated/α-hetero) is 1. The first-order valence-corrected chi connectivity index (χ1v) is 15.3. The molecule has 256 valence electrons. The summed E-state index contributed by atoms with van der Waals surface area (Å²) >= 11 is 0. The number of carbonyl (C=O) groups is 2. The molecular weight excluding hydrogens is 617 g/mol. The number of morpholine rings is 1. The maximum atomic E-state index is 15.6. The first kappa shape index (κ1) is 25.6. The number of amides is 1. The fourth-order valence-electron chi connectivity index (χ4n) is 4.88. The van der Waals surface area contributed by atoms with E-state index in [-0.39, 0.29) is 78.7 Å². The molecule has 0 atom stereocenters. The van der Waals surface area contributed by atoms with Gasteiger partial charge in [0.15, 0.2) is 11.6 Å². The summed E-state index contributed by atoms with van der Waals surface area (Å²) in [6.45, 7) is -3.32. The molecule has 1 amide bonds. The first-order chi connectivity index (χ1) is 26.0. The van der Waals surface area contributed by atoms with Gasteiger partial charge in [-0.25, -0.2) is 4.39 Å². The van der Waals surface area contributed by atoms with Crippen molar-refractivity contribution in [2.75, 3.05) is 58.3 Å². The van der Waals surface area contributed by atoms with Crippen molar-refractivity contribution in [3.63, 3.8) is 0 Å². The third-order valence-corrected chi connectivity index (χ3v) is 7.29. The Labute approximate surface area is 291 Å². The molecule has 0 spiro atoms. The van der Waals surface area contributed by atoms with Gasteiger partial charge in [0, 0.05) is 78.0 Å². The second kappa shape index (κ2) is 15.7. The van der Waals surface area contributed by atoms with E-state index in [1.807, 2.05) is 20.8 Å². The molecule has 1 saturated heterocycles. The Morgan fingerprint density at radius 1 is 1.02 bits per heavy atom. The average Bonchev–Trinajstić information content (AvgIpc) is 3.55. The van der Waals surface area contributed by atoms with Crippen molar-refractivity contribution < 1.29 is 43.9 Å². The molecule has 2 aromatic carbocycles. The van der Waals surface area contributed by atoms with Gasteiger partial charge < -0.3 is 24.3 Å². The van der Waals surface area contributed by atoms with Crippen molar-refractivity contribution in [1.29, 1.82) is 0 Å². The molecule has 0 unspecified atom stereocenters. The topological polar surface area (TPSA) is 117 Å². The van der Waals surface area contributed by atoms with Gasteiger partial charge in [0.05, 0.1) is 51.4 Å². The number of rotatable bonds is 14. The highest BCUT2D eigenvalue weighted by molar-refractivity contribution is 5.97. The van der Waals surface area contributed by atoms with Crippen LogP contribution < -0.4 is 14.8 Å². The van der Waals surface area contributed by atoms with Crippen LogP contribution >= 0.6 is 0 Å². The van der Waals surface area contributed by atoms with E-state index in [1.165, 1.54) is 48.4 Å². The summed E-state index contributed by atoms with van der Waals surface area (Å²) in [6.07, 6.45) is 0.810. The highest BCUT2D eigenvalue weighted by Crippen LogP contribution is 2.36. The van der Waals surface area contributed by atoms with Gasteiger partial charge in [0.25, 0.3) is 0 Å². The van der Waals surface area contributed by atoms with Crippen LogP contribution in [0.25, 0.3) is 10.9 Å². The molecule has 3 heterocycles. The van der Waals surface area contributed by atoms with E-state index in [1.54, 1.807) is 6.07 Å². The molecule has 2 aromatic heterocycles. The van der Waals surface area contributed by atoms with E-state index >= 15 is 4.39 Å². The van der Waals surface area contributed by atoms with Crippen molar-refractivity contribution in [2.45, 2.75) is 52.4 Å². The van der Waals surface area contributed by atoms with E-state index in [0.717, 1.165) is 17.9 Å². The van der Waals surface area contributed by atoms with Crippen LogP contribution in [0.2, 0.25) is 0 Å². The Morgan fingerprint density at radius 2 is 1.81 bits per heavy atom. The first-order valence-electron chi connectivity index (χ1n) is 19.3. The maximum Gasteiger partial charge on any atom is 0.221 e. The number of nitrogens with one attached hydrogen (secondary N) is 1. The molecule has 5 rings (SSSR count). The number of fused-ring (bicyclic) bond motifs is 1. The Hall–Kier alpha value is -4.39. The monoisotopic (exact) mass is 669 g/mol. The standard InChI is InChI=1S/C36H44FN5O6/c1-24(43)39-31-22-28-30(23-34(31)47-17-16-45-5)38-9-8-32(28)48-33-7-6-25(19-29(33)37)18-27(44)20-26-21-35(36(2,3)4)40-42(26)11-10-41-12-14-46-15-13-41/h6-9,19,21-23H,10-18,20H2,1-5H3,(H,39,43)/i10D2,11D2,16D2,17D2. The van der Waals surface area contributed by atoms with Crippen LogP contribution in [0, 0.1) is 5.82 Å². The van der Waals surface area contributed by atoms with E-state index in [4.69, 9.17) is 25.2 Å². The van der Waals surface area contributed by atoms with Crippen LogP contribution in [-0.4, -0.2) is 84.4 Å². The van der Waals surface area contributed by atoms with E-state index in [0.29, 0.717) is 11.3 Å². The molecule has 1 fully saturated rings. The number of carbonyl (C=O) groups excluding carboxylic acids is 2. The number of ether oxygens (including phenoxy) is 4. The van der Waals surface area contributed by atoms with Crippen molar-refractivity contribution in [2.24, 2.45) is 0 Å². The highest BCUT2D eigenvalue weighted by atomic mass is 19.1. The molecule has 0 saturated carbocycles. The summed E-state index contributed by atoms with van der Waals surface area (Å²) in [5.74, 6) is -2.13. The largest absolute Gasteiger partial charge is 0.489 e. The van der Waals surface area contributed by atoms with Crippen molar-refractivity contribution in [3.8, 4) is 17.2 Å². The third kappa shape index (κ3) is 9.15. The molecule has 1 aliphatic rings. The summed E-state index contributed by atoms with van der Waals surface area (Å²) in [4.78, 5) is 31.1. The summed E-state index contributed by atoms with van der Waals surface area (Å²) in [6, 6.07) is 9.62. The number of hydrogen-bond donors (Lipinski definition) is 1. The van der Waals surface area contributed by atoms with E-state index < -0.39 is 49.0 Å². The van der Waals surface area contributed by atoms with Crippen LogP contribution in [0.1, 0.15) is 55.6 Å². The van der Waals surface area contributed by atoms with Gasteiger partial charge in [-0.2, -0.15) is 5.10 Å². The molecule has 4 aromatic rings. The molecule has 0 bridgehead atoms. The Kier molecular flexibility index (Phi) is 8.36. The molecule has 0 aliphatic carbocycles. The van der Waals surface area contributed by atoms with Gasteiger partial charge in [-0.15, -0.1) is 0 Å². The average molecular weight is 670 g/mol. The highest BCUT2D eigenvalue weighted by Gasteiger charge is 2.22. The van der Waals surface area contributed by atoms with Crippen molar-refractivity contribution in [3.05, 3.63) is 71.4 Å². The minimum Gasteiger partial charge on any atom is -0.489 e. The summed E-state index contributed by atoms with van der Waals surface area (Å²) < 4.78 is 105. The van der Waals surface area contributed by atoms with Gasteiger partial charge in [0.1, 0.15) is 23.8 Å². The van der Waals surface area contributed by atoms with Crippen LogP contribution in [0.4, 0.5) is 10.1 Å². The number of pyridine rings is 1. The van der Waals surface area contributed by atoms with Gasteiger partial charge in [-0.05, 0) is 35.9 Å². The summed E-state index contributed by atoms with van der Waals surface area (Å²) in [7, 11) is 0.976. The SMILES string of the molecule is [2H]C([2H])(OC)C([2H])([2H])Oc1cc2nccc(Oc3ccc(CC(=O)Cc4cc(C(C)(C)C)nn4C([2H])([2H])C([2H])([2H])N4CCOCC4)cc3F)c2cc1NC(C)=O. The molecular formula is C36H44FN5O6. The lowest BCUT2D eigenvalue weighted by Crippen LogP contribution is -2.38. The minimum absolute atomic E-state index is 0.0470. The number of aryl methyl sites for hydroxylation is 1. The molecule has 48 heavy (non-hydrogen) atoms. The molecule has 11 nitrogen and oxygen atoms in total. The zero-order chi connectivity index (χ0) is 41.4. The smallest absolute Gasteiger partial charge is 0.221 e. The molecule has 0 radical (unpaired) electrons. The number of anilines is 1. The Morgan fingerprint density at radius 3 is 2.52 bits per heavy atom. The number of ketones is 1. The minimum atomic E-state index is -2.99. The van der Waals surface area contributed by atoms with Gasteiger partial charge in [-0.3, -0.25) is 24.2 Å². The van der Waals surface area contributed by atoms with E-state index in [9.17, 15) is 9.59 Å². The van der Waals surface area contributed by atoms with Crippen LogP contribution in [0.3, 0.4) is 0 Å². The third-order valence-electron chi connectivity index (χ3n) is 7.29. The number of nitrogens with zero attached hydrogens (tertiary/aromatic N) is 4. The van der Waals surface area contributed by atoms with E-state index in [2.05, 4.69) is 20.1 Å². The lowest BCUT2D eigenvalue weighted by atomic mass is 9.92. The number of hydrogen-bond acceptors (Lipinski definition) is 9. The lowest BCUT2D eigenvalue weighted by molar-refractivity contribution is -0.118. The fraction of sp³-hybridized carbons (Fsp3) is 0.444. The predicted molar refractivity (Wildman–Crippen MR) is 180 cm³/mol. The van der Waals surface area contributed by atoms with Gasteiger partial charge in [0.2, 0.25) is 5.91 Å². The molecule has 1 N–H and O–H groups in total. The lowest BCUT2D eigenvalue weighted by Gasteiger charge is -2.26. The number of halogens is 1. The fourth-order valence-corrected chi connectivity index (χ4v) is 4.88. The molecule has 12 heteroatoms. The van der Waals surface area contributed by atoms with Crippen molar-refractivity contribution >= 4 is 28.3 Å². The number of aromatic nitrogens is 3. The normalized spacial score (nSPS) is 17.5. The van der Waals surface area contributed by atoms with Crippen molar-refractivity contribution in [1.82, 2.24) is 19.7 Å². The Bertz CT molecular complexity index is 2100. The quantitative estimate of drug-likeness (QED) is 0.190. The second-order valence-corrected chi connectivity index (χ2v) is 12.1.